The van der Waals surface area contributed by atoms with Gasteiger partial charge in [-0.15, -0.1) is 0 Å². The second-order valence-electron chi connectivity index (χ2n) is 3.22. The van der Waals surface area contributed by atoms with Gasteiger partial charge >= 0.3 is 0 Å². The fourth-order valence-corrected chi connectivity index (χ4v) is 0.990. The van der Waals surface area contributed by atoms with Gasteiger partial charge in [0.1, 0.15) is 12.2 Å². The van der Waals surface area contributed by atoms with Crippen LogP contribution >= 0.6 is 0 Å². The molecule has 86 valence electrons. The first kappa shape index (κ1) is 13.8. The van der Waals surface area contributed by atoms with E-state index in [1.165, 1.54) is 0 Å². The van der Waals surface area contributed by atoms with Crippen molar-refractivity contribution in [3.8, 4) is 0 Å². The van der Waals surface area contributed by atoms with Crippen molar-refractivity contribution >= 4 is 0 Å². The van der Waals surface area contributed by atoms with E-state index in [-0.39, 0.29) is 12.8 Å². The lowest BCUT2D eigenvalue weighted by molar-refractivity contribution is -0.0816. The van der Waals surface area contributed by atoms with Crippen molar-refractivity contribution in [2.45, 2.75) is 37.3 Å². The molecule has 6 N–H and O–H groups in total. The van der Waals surface area contributed by atoms with Gasteiger partial charge in [0.2, 0.25) is 0 Å². The summed E-state index contributed by atoms with van der Waals surface area (Å²) in [7, 11) is 0. The maximum atomic E-state index is 9.25. The topological polar surface area (TPSA) is 121 Å². The highest BCUT2D eigenvalue weighted by atomic mass is 16.4. The molecule has 6 nitrogen and oxygen atoms in total. The third-order valence-corrected chi connectivity index (χ3v) is 1.98. The van der Waals surface area contributed by atoms with E-state index in [1.54, 1.807) is 0 Å². The van der Waals surface area contributed by atoms with Gasteiger partial charge in [-0.1, -0.05) is 0 Å². The molecule has 0 amide bonds. The van der Waals surface area contributed by atoms with Gasteiger partial charge in [0.15, 0.2) is 0 Å². The molecule has 0 saturated carbocycles. The zero-order chi connectivity index (χ0) is 11.1. The summed E-state index contributed by atoms with van der Waals surface area (Å²) in [4.78, 5) is 0. The maximum Gasteiger partial charge on any atom is 0.108 e. The van der Waals surface area contributed by atoms with Gasteiger partial charge in [-0.3, -0.25) is 0 Å². The molecule has 0 aromatic heterocycles. The molecule has 0 aliphatic rings. The van der Waals surface area contributed by atoms with Crippen LogP contribution in [0.5, 0.6) is 0 Å². The molecule has 14 heavy (non-hydrogen) atoms. The zero-order valence-corrected chi connectivity index (χ0v) is 7.82. The van der Waals surface area contributed by atoms with Crippen molar-refractivity contribution in [3.63, 3.8) is 0 Å². The summed E-state index contributed by atoms with van der Waals surface area (Å²) in [5, 5.41) is 53.2. The van der Waals surface area contributed by atoms with Crippen molar-refractivity contribution in [1.29, 1.82) is 0 Å². The molecule has 0 spiro atoms. The first-order valence-corrected chi connectivity index (χ1v) is 4.46. The van der Waals surface area contributed by atoms with Crippen LogP contribution in [0.1, 0.15) is 12.8 Å². The molecule has 0 aromatic carbocycles. The number of aliphatic hydroxyl groups excluding tert-OH is 6. The van der Waals surface area contributed by atoms with Crippen LogP contribution in [0.15, 0.2) is 0 Å². The van der Waals surface area contributed by atoms with Crippen LogP contribution in [-0.2, 0) is 0 Å². The van der Waals surface area contributed by atoms with Gasteiger partial charge in [-0.05, 0) is 12.8 Å². The molecule has 1 unspecified atom stereocenters. The summed E-state index contributed by atoms with van der Waals surface area (Å²) >= 11 is 0. The highest BCUT2D eigenvalue weighted by molar-refractivity contribution is 4.75. The van der Waals surface area contributed by atoms with Crippen molar-refractivity contribution in [3.05, 3.63) is 0 Å². The molecule has 0 aromatic rings. The molecular weight excluding hydrogens is 192 g/mol. The third-order valence-electron chi connectivity index (χ3n) is 1.98. The Morgan fingerprint density at radius 1 is 0.714 bits per heavy atom. The lowest BCUT2D eigenvalue weighted by Gasteiger charge is -2.21. The van der Waals surface area contributed by atoms with E-state index in [9.17, 15) is 5.11 Å². The second-order valence-corrected chi connectivity index (χ2v) is 3.22. The van der Waals surface area contributed by atoms with E-state index < -0.39 is 37.6 Å². The zero-order valence-electron chi connectivity index (χ0n) is 7.82. The summed E-state index contributed by atoms with van der Waals surface area (Å²) in [5.74, 6) is 0. The van der Waals surface area contributed by atoms with E-state index in [2.05, 4.69) is 0 Å². The van der Waals surface area contributed by atoms with Crippen LogP contribution in [0, 0.1) is 0 Å². The van der Waals surface area contributed by atoms with Crippen molar-refractivity contribution < 1.29 is 30.6 Å². The SMILES string of the molecule is OCC(O)CC[C@H](O)[C@H](O)[C@H](O)CO. The molecule has 0 aliphatic heterocycles. The minimum atomic E-state index is -1.44. The predicted molar refractivity (Wildman–Crippen MR) is 47.4 cm³/mol. The van der Waals surface area contributed by atoms with Crippen molar-refractivity contribution in [1.82, 2.24) is 0 Å². The fraction of sp³-hybridized carbons (Fsp3) is 1.00. The number of hydrogen-bond donors (Lipinski definition) is 6. The standard InChI is InChI=1S/C8H18O6/c9-3-5(11)1-2-6(12)8(14)7(13)4-10/h5-14H,1-4H2/t5?,6-,7+,8-/m0/s1. The average molecular weight is 210 g/mol. The van der Waals surface area contributed by atoms with Crippen LogP contribution in [0.25, 0.3) is 0 Å². The Hall–Kier alpha value is -0.240. The minimum Gasteiger partial charge on any atom is -0.394 e. The van der Waals surface area contributed by atoms with Crippen LogP contribution in [0.3, 0.4) is 0 Å². The van der Waals surface area contributed by atoms with E-state index >= 15 is 0 Å². The highest BCUT2D eigenvalue weighted by Crippen LogP contribution is 2.08. The summed E-state index contributed by atoms with van der Waals surface area (Å²) in [5.41, 5.74) is 0. The number of aliphatic hydroxyl groups is 6. The van der Waals surface area contributed by atoms with Gasteiger partial charge in [-0.25, -0.2) is 0 Å². The summed E-state index contributed by atoms with van der Waals surface area (Å²) in [6, 6.07) is 0. The highest BCUT2D eigenvalue weighted by Gasteiger charge is 2.24. The van der Waals surface area contributed by atoms with Crippen molar-refractivity contribution in [2.24, 2.45) is 0 Å². The molecule has 0 saturated heterocycles. The first-order valence-electron chi connectivity index (χ1n) is 4.46. The van der Waals surface area contributed by atoms with Gasteiger partial charge in [0, 0.05) is 0 Å². The number of hydrogen-bond acceptors (Lipinski definition) is 6. The number of rotatable bonds is 7. The molecule has 0 heterocycles. The van der Waals surface area contributed by atoms with Crippen LogP contribution < -0.4 is 0 Å². The molecule has 6 heteroatoms. The van der Waals surface area contributed by atoms with Gasteiger partial charge in [0.25, 0.3) is 0 Å². The molecule has 0 bridgehead atoms. The van der Waals surface area contributed by atoms with Crippen LogP contribution in [-0.4, -0.2) is 68.3 Å². The molecule has 0 radical (unpaired) electrons. The summed E-state index contributed by atoms with van der Waals surface area (Å²) in [6.07, 6.45) is -4.84. The minimum absolute atomic E-state index is 0.0416. The lowest BCUT2D eigenvalue weighted by Crippen LogP contribution is -2.39. The van der Waals surface area contributed by atoms with Gasteiger partial charge in [0.05, 0.1) is 25.4 Å². The Morgan fingerprint density at radius 3 is 1.71 bits per heavy atom. The summed E-state index contributed by atoms with van der Waals surface area (Å²) in [6.45, 7) is -1.05. The Morgan fingerprint density at radius 2 is 1.29 bits per heavy atom. The largest absolute Gasteiger partial charge is 0.394 e. The van der Waals surface area contributed by atoms with Gasteiger partial charge in [-0.2, -0.15) is 0 Å². The third kappa shape index (κ3) is 4.85. The van der Waals surface area contributed by atoms with E-state index in [0.717, 1.165) is 0 Å². The maximum absolute atomic E-state index is 9.25. The molecule has 0 fully saturated rings. The van der Waals surface area contributed by atoms with Crippen molar-refractivity contribution in [2.75, 3.05) is 13.2 Å². The summed E-state index contributed by atoms with van der Waals surface area (Å²) < 4.78 is 0. The Labute approximate surface area is 82.1 Å². The molecule has 0 aliphatic carbocycles. The Kier molecular flexibility index (Phi) is 6.98. The van der Waals surface area contributed by atoms with Gasteiger partial charge < -0.3 is 30.6 Å². The fourth-order valence-electron chi connectivity index (χ4n) is 0.990. The second kappa shape index (κ2) is 7.10. The first-order chi connectivity index (χ1) is 6.52. The molecular formula is C8H18O6. The van der Waals surface area contributed by atoms with E-state index in [0.29, 0.717) is 0 Å². The van der Waals surface area contributed by atoms with Crippen LogP contribution in [0.2, 0.25) is 0 Å². The Bertz CT molecular complexity index is 142. The molecule has 4 atom stereocenters. The lowest BCUT2D eigenvalue weighted by atomic mass is 10.0. The quantitative estimate of drug-likeness (QED) is 0.270. The average Bonchev–Trinajstić information content (AvgIpc) is 2.22. The monoisotopic (exact) mass is 210 g/mol. The van der Waals surface area contributed by atoms with E-state index in [4.69, 9.17) is 25.5 Å². The van der Waals surface area contributed by atoms with Crippen LogP contribution in [0.4, 0.5) is 0 Å². The van der Waals surface area contributed by atoms with E-state index in [1.807, 2.05) is 0 Å². The predicted octanol–water partition coefficient (Wildman–Crippen LogP) is -2.81. The normalized spacial score (nSPS) is 20.1. The Balaban J connectivity index is 3.77. The smallest absolute Gasteiger partial charge is 0.108 e. The molecule has 0 rings (SSSR count).